The number of guanidine groups is 1. The van der Waals surface area contributed by atoms with Crippen LogP contribution in [0.5, 0.6) is 0 Å². The highest BCUT2D eigenvalue weighted by Crippen LogP contribution is 2.04. The molecular formula is C23H42IN5O. The third-order valence-electron chi connectivity index (χ3n) is 5.17. The molecule has 1 atom stereocenters. The van der Waals surface area contributed by atoms with Crippen LogP contribution < -0.4 is 10.6 Å². The Morgan fingerprint density at radius 3 is 2.70 bits per heavy atom. The van der Waals surface area contributed by atoms with E-state index in [1.807, 2.05) is 18.2 Å². The van der Waals surface area contributed by atoms with Gasteiger partial charge in [-0.25, -0.2) is 0 Å². The summed E-state index contributed by atoms with van der Waals surface area (Å²) in [6.45, 7) is 14.3. The van der Waals surface area contributed by atoms with E-state index in [1.165, 1.54) is 38.2 Å². The van der Waals surface area contributed by atoms with Crippen LogP contribution in [0.3, 0.4) is 0 Å². The van der Waals surface area contributed by atoms with Gasteiger partial charge < -0.3 is 25.2 Å². The van der Waals surface area contributed by atoms with Gasteiger partial charge in [-0.15, -0.1) is 24.0 Å². The highest BCUT2D eigenvalue weighted by molar-refractivity contribution is 14.0. The molecule has 0 radical (unpaired) electrons. The molecule has 1 heterocycles. The van der Waals surface area contributed by atoms with Crippen molar-refractivity contribution in [2.24, 2.45) is 10.9 Å². The molecule has 0 spiro atoms. The maximum atomic E-state index is 5.84. The van der Waals surface area contributed by atoms with Crippen molar-refractivity contribution in [3.8, 4) is 0 Å². The molecule has 0 bridgehead atoms. The molecule has 1 unspecified atom stereocenters. The molecule has 6 nitrogen and oxygen atoms in total. The lowest BCUT2D eigenvalue weighted by molar-refractivity contribution is 0.0945. The van der Waals surface area contributed by atoms with E-state index in [9.17, 15) is 0 Å². The van der Waals surface area contributed by atoms with Gasteiger partial charge in [0.05, 0.1) is 13.2 Å². The van der Waals surface area contributed by atoms with Crippen molar-refractivity contribution in [1.82, 2.24) is 20.4 Å². The Bertz CT molecular complexity index is 572. The summed E-state index contributed by atoms with van der Waals surface area (Å²) < 4.78 is 5.84. The predicted molar refractivity (Wildman–Crippen MR) is 138 cm³/mol. The SMILES string of the molecule is CCNC(=NCC(C)COCc1ccccc1)NCCCN1CCCN(C)CC1.I. The van der Waals surface area contributed by atoms with Crippen LogP contribution >= 0.6 is 24.0 Å². The molecule has 172 valence electrons. The third kappa shape index (κ3) is 12.1. The Labute approximate surface area is 200 Å². The summed E-state index contributed by atoms with van der Waals surface area (Å²) in [6, 6.07) is 10.3. The van der Waals surface area contributed by atoms with Crippen molar-refractivity contribution in [3.05, 3.63) is 35.9 Å². The zero-order chi connectivity index (χ0) is 20.7. The van der Waals surface area contributed by atoms with Crippen molar-refractivity contribution in [1.29, 1.82) is 0 Å². The van der Waals surface area contributed by atoms with Crippen LogP contribution in [-0.2, 0) is 11.3 Å². The molecule has 1 aromatic rings. The Morgan fingerprint density at radius 1 is 1.13 bits per heavy atom. The lowest BCUT2D eigenvalue weighted by Crippen LogP contribution is -2.39. The second-order valence-electron chi connectivity index (χ2n) is 8.10. The molecule has 2 N–H and O–H groups in total. The van der Waals surface area contributed by atoms with Gasteiger partial charge in [0.25, 0.3) is 0 Å². The number of ether oxygens (including phenoxy) is 1. The fourth-order valence-electron chi connectivity index (χ4n) is 3.43. The average Bonchev–Trinajstić information content (AvgIpc) is 2.94. The van der Waals surface area contributed by atoms with E-state index >= 15 is 0 Å². The molecule has 0 aromatic heterocycles. The minimum Gasteiger partial charge on any atom is -0.376 e. The highest BCUT2D eigenvalue weighted by Gasteiger charge is 2.11. The van der Waals surface area contributed by atoms with E-state index in [2.05, 4.69) is 53.5 Å². The summed E-state index contributed by atoms with van der Waals surface area (Å²) in [7, 11) is 2.22. The summed E-state index contributed by atoms with van der Waals surface area (Å²) in [4.78, 5) is 9.76. The van der Waals surface area contributed by atoms with Crippen molar-refractivity contribution in [3.63, 3.8) is 0 Å². The van der Waals surface area contributed by atoms with Crippen LogP contribution in [0.2, 0.25) is 0 Å². The molecule has 1 saturated heterocycles. The molecule has 30 heavy (non-hydrogen) atoms. The van der Waals surface area contributed by atoms with E-state index in [1.54, 1.807) is 0 Å². The molecule has 2 rings (SSSR count). The van der Waals surface area contributed by atoms with Gasteiger partial charge >= 0.3 is 0 Å². The zero-order valence-electron chi connectivity index (χ0n) is 19.1. The molecule has 0 saturated carbocycles. The number of benzene rings is 1. The summed E-state index contributed by atoms with van der Waals surface area (Å²) in [6.07, 6.45) is 2.42. The Hall–Kier alpha value is -0.900. The maximum Gasteiger partial charge on any atom is 0.191 e. The Balaban J connectivity index is 0.00000450. The first-order chi connectivity index (χ1) is 14.2. The molecule has 1 fully saturated rings. The fourth-order valence-corrected chi connectivity index (χ4v) is 3.43. The van der Waals surface area contributed by atoms with Gasteiger partial charge in [0.1, 0.15) is 0 Å². The van der Waals surface area contributed by atoms with Gasteiger partial charge in [-0.1, -0.05) is 37.3 Å². The van der Waals surface area contributed by atoms with Crippen LogP contribution in [0, 0.1) is 5.92 Å². The van der Waals surface area contributed by atoms with Crippen LogP contribution in [0.15, 0.2) is 35.3 Å². The zero-order valence-corrected chi connectivity index (χ0v) is 21.4. The fraction of sp³-hybridized carbons (Fsp3) is 0.696. The normalized spacial score (nSPS) is 17.1. The van der Waals surface area contributed by atoms with Gasteiger partial charge in [0.15, 0.2) is 5.96 Å². The predicted octanol–water partition coefficient (Wildman–Crippen LogP) is 3.04. The van der Waals surface area contributed by atoms with Crippen LogP contribution in [0.1, 0.15) is 32.3 Å². The number of aliphatic imine (C=N–C) groups is 1. The third-order valence-corrected chi connectivity index (χ3v) is 5.17. The Morgan fingerprint density at radius 2 is 1.93 bits per heavy atom. The molecule has 1 aromatic carbocycles. The smallest absolute Gasteiger partial charge is 0.191 e. The quantitative estimate of drug-likeness (QED) is 0.199. The van der Waals surface area contributed by atoms with Crippen LogP contribution in [0.25, 0.3) is 0 Å². The maximum absolute atomic E-state index is 5.84. The topological polar surface area (TPSA) is 52.1 Å². The first kappa shape index (κ1) is 27.1. The molecule has 7 heteroatoms. The second kappa shape index (κ2) is 16.8. The number of nitrogens with one attached hydrogen (secondary N) is 2. The number of hydrogen-bond acceptors (Lipinski definition) is 4. The average molecular weight is 532 g/mol. The van der Waals surface area contributed by atoms with E-state index in [-0.39, 0.29) is 24.0 Å². The molecule has 1 aliphatic heterocycles. The minimum absolute atomic E-state index is 0. The number of rotatable bonds is 11. The lowest BCUT2D eigenvalue weighted by atomic mass is 10.2. The summed E-state index contributed by atoms with van der Waals surface area (Å²) in [5, 5.41) is 6.83. The van der Waals surface area contributed by atoms with Gasteiger partial charge in [-0.2, -0.15) is 0 Å². The van der Waals surface area contributed by atoms with E-state index in [4.69, 9.17) is 9.73 Å². The van der Waals surface area contributed by atoms with Crippen LogP contribution in [-0.4, -0.2) is 81.8 Å². The monoisotopic (exact) mass is 531 g/mol. The van der Waals surface area contributed by atoms with Gasteiger partial charge in [0.2, 0.25) is 0 Å². The second-order valence-corrected chi connectivity index (χ2v) is 8.10. The van der Waals surface area contributed by atoms with Gasteiger partial charge in [-0.3, -0.25) is 4.99 Å². The standard InChI is InChI=1S/C23H41N5O.HI/c1-4-24-23(25-12-8-14-28-15-9-13-27(3)16-17-28)26-18-21(2)19-29-20-22-10-6-5-7-11-22;/h5-7,10-11,21H,4,8-9,12-20H2,1-3H3,(H2,24,25,26);1H. The first-order valence-corrected chi connectivity index (χ1v) is 11.2. The van der Waals surface area contributed by atoms with E-state index in [0.717, 1.165) is 45.2 Å². The summed E-state index contributed by atoms with van der Waals surface area (Å²) in [5.41, 5.74) is 1.22. The van der Waals surface area contributed by atoms with Crippen molar-refractivity contribution >= 4 is 29.9 Å². The number of nitrogens with zero attached hydrogens (tertiary/aromatic N) is 3. The van der Waals surface area contributed by atoms with E-state index in [0.29, 0.717) is 12.5 Å². The highest BCUT2D eigenvalue weighted by atomic mass is 127. The molecule has 0 aliphatic carbocycles. The summed E-state index contributed by atoms with van der Waals surface area (Å²) in [5.74, 6) is 1.31. The van der Waals surface area contributed by atoms with Crippen molar-refractivity contribution in [2.75, 3.05) is 66.0 Å². The number of halogens is 1. The van der Waals surface area contributed by atoms with Crippen molar-refractivity contribution < 1.29 is 4.74 Å². The van der Waals surface area contributed by atoms with Gasteiger partial charge in [0, 0.05) is 32.7 Å². The van der Waals surface area contributed by atoms with Crippen molar-refractivity contribution in [2.45, 2.75) is 33.3 Å². The summed E-state index contributed by atoms with van der Waals surface area (Å²) >= 11 is 0. The van der Waals surface area contributed by atoms with Gasteiger partial charge in [-0.05, 0) is 57.9 Å². The molecular weight excluding hydrogens is 489 g/mol. The first-order valence-electron chi connectivity index (χ1n) is 11.2. The van der Waals surface area contributed by atoms with E-state index < -0.39 is 0 Å². The number of likely N-dealkylation sites (N-methyl/N-ethyl adjacent to an activating group) is 1. The van der Waals surface area contributed by atoms with Crippen LogP contribution in [0.4, 0.5) is 0 Å². The lowest BCUT2D eigenvalue weighted by Gasteiger charge is -2.20. The Kier molecular flexibility index (Phi) is 15.2. The molecule has 1 aliphatic rings. The number of hydrogen-bond donors (Lipinski definition) is 2. The molecule has 0 amide bonds. The largest absolute Gasteiger partial charge is 0.376 e. The minimum atomic E-state index is 0.